The number of fused-ring (bicyclic) bond motifs is 1. The van der Waals surface area contributed by atoms with Crippen LogP contribution >= 0.6 is 11.6 Å². The first-order valence-corrected chi connectivity index (χ1v) is 9.57. The van der Waals surface area contributed by atoms with Crippen molar-refractivity contribution >= 4 is 22.8 Å². The summed E-state index contributed by atoms with van der Waals surface area (Å²) in [5, 5.41) is 9.22. The third-order valence-corrected chi connectivity index (χ3v) is 4.87. The second-order valence-corrected chi connectivity index (χ2v) is 7.18. The number of nitrogens with zero attached hydrogens (tertiary/aromatic N) is 5. The van der Waals surface area contributed by atoms with Gasteiger partial charge in [-0.25, -0.2) is 4.98 Å². The van der Waals surface area contributed by atoms with E-state index < -0.39 is 0 Å². The van der Waals surface area contributed by atoms with Crippen molar-refractivity contribution in [1.29, 1.82) is 5.26 Å². The lowest BCUT2D eigenvalue weighted by Gasteiger charge is -2.12. The minimum absolute atomic E-state index is 0.0675. The van der Waals surface area contributed by atoms with Gasteiger partial charge < -0.3 is 14.0 Å². The molecule has 0 unspecified atom stereocenters. The summed E-state index contributed by atoms with van der Waals surface area (Å²) in [5.74, 6) is 1.69. The Hall–Kier alpha value is -3.63. The van der Waals surface area contributed by atoms with Gasteiger partial charge in [0.25, 0.3) is 5.88 Å². The predicted octanol–water partition coefficient (Wildman–Crippen LogP) is 4.82. The van der Waals surface area contributed by atoms with Crippen molar-refractivity contribution < 1.29 is 9.47 Å². The maximum Gasteiger partial charge on any atom is 0.252 e. The fourth-order valence-electron chi connectivity index (χ4n) is 3.28. The lowest BCUT2D eigenvalue weighted by Crippen LogP contribution is -2.01. The molecular formula is C22H18ClN5O2. The fraction of sp³-hybridized carbons (Fsp3) is 0.182. The number of aryl methyl sites for hydroxylation is 2. The van der Waals surface area contributed by atoms with Crippen molar-refractivity contribution in [3.8, 4) is 23.4 Å². The van der Waals surface area contributed by atoms with Crippen LogP contribution in [0.2, 0.25) is 5.28 Å². The molecule has 2 aromatic carbocycles. The topological polar surface area (TPSA) is 85.9 Å². The van der Waals surface area contributed by atoms with Crippen LogP contribution in [0.25, 0.3) is 11.2 Å². The maximum atomic E-state index is 9.15. The van der Waals surface area contributed by atoms with E-state index in [-0.39, 0.29) is 11.2 Å². The van der Waals surface area contributed by atoms with Crippen LogP contribution in [0.1, 0.15) is 22.3 Å². The van der Waals surface area contributed by atoms with Crippen molar-refractivity contribution in [2.45, 2.75) is 20.4 Å². The van der Waals surface area contributed by atoms with Crippen LogP contribution in [0, 0.1) is 25.2 Å². The number of rotatable bonds is 5. The molecule has 2 heterocycles. The summed E-state index contributed by atoms with van der Waals surface area (Å²) in [6.07, 6.45) is 1.69. The molecule has 30 heavy (non-hydrogen) atoms. The van der Waals surface area contributed by atoms with Crippen LogP contribution in [-0.4, -0.2) is 26.6 Å². The van der Waals surface area contributed by atoms with Crippen LogP contribution in [0.5, 0.6) is 17.4 Å². The highest BCUT2D eigenvalue weighted by atomic mass is 35.5. The van der Waals surface area contributed by atoms with E-state index in [1.807, 2.05) is 42.7 Å². The van der Waals surface area contributed by atoms with E-state index in [4.69, 9.17) is 26.3 Å². The van der Waals surface area contributed by atoms with Gasteiger partial charge in [0, 0.05) is 0 Å². The molecule has 2 aromatic heterocycles. The van der Waals surface area contributed by atoms with Gasteiger partial charge in [0.05, 0.1) is 31.6 Å². The van der Waals surface area contributed by atoms with E-state index in [1.54, 1.807) is 25.6 Å². The zero-order valence-electron chi connectivity index (χ0n) is 16.7. The SMILES string of the molecule is COc1ccc(Cn2cnc3c(Oc4c(C)cc(C#N)cc4C)nc(Cl)nc32)cc1. The molecule has 0 aliphatic heterocycles. The van der Waals surface area contributed by atoms with Crippen molar-refractivity contribution in [2.75, 3.05) is 7.11 Å². The number of imidazole rings is 1. The lowest BCUT2D eigenvalue weighted by molar-refractivity contribution is 0.414. The molecule has 0 fully saturated rings. The molecule has 0 spiro atoms. The lowest BCUT2D eigenvalue weighted by atomic mass is 10.1. The quantitative estimate of drug-likeness (QED) is 0.431. The minimum atomic E-state index is 0.0675. The van der Waals surface area contributed by atoms with Crippen molar-refractivity contribution in [2.24, 2.45) is 0 Å². The Balaban J connectivity index is 1.71. The molecule has 0 bridgehead atoms. The van der Waals surface area contributed by atoms with Gasteiger partial charge in [0.15, 0.2) is 11.2 Å². The molecule has 4 rings (SSSR count). The highest BCUT2D eigenvalue weighted by Gasteiger charge is 2.17. The van der Waals surface area contributed by atoms with Crippen LogP contribution in [0.3, 0.4) is 0 Å². The average Bonchev–Trinajstić information content (AvgIpc) is 3.13. The van der Waals surface area contributed by atoms with Crippen LogP contribution < -0.4 is 9.47 Å². The summed E-state index contributed by atoms with van der Waals surface area (Å²) < 4.78 is 13.2. The van der Waals surface area contributed by atoms with Crippen molar-refractivity contribution in [1.82, 2.24) is 19.5 Å². The van der Waals surface area contributed by atoms with Gasteiger partial charge in [0.1, 0.15) is 11.5 Å². The van der Waals surface area contributed by atoms with E-state index in [0.29, 0.717) is 29.0 Å². The molecule has 4 aromatic rings. The Kier molecular flexibility index (Phi) is 5.25. The van der Waals surface area contributed by atoms with Gasteiger partial charge in [-0.15, -0.1) is 0 Å². The number of hydrogen-bond donors (Lipinski definition) is 0. The standard InChI is InChI=1S/C22H18ClN5O2/c1-13-8-16(10-24)9-14(2)19(13)30-21-18-20(26-22(23)27-21)28(12-25-18)11-15-4-6-17(29-3)7-5-15/h4-9,12H,11H2,1-3H3. The van der Waals surface area contributed by atoms with Gasteiger partial charge in [-0.1, -0.05) is 12.1 Å². The third-order valence-electron chi connectivity index (χ3n) is 4.70. The molecule has 0 N–H and O–H groups in total. The fourth-order valence-corrected chi connectivity index (χ4v) is 3.44. The first-order valence-electron chi connectivity index (χ1n) is 9.19. The zero-order valence-corrected chi connectivity index (χ0v) is 17.4. The van der Waals surface area contributed by atoms with Gasteiger partial charge in [-0.3, -0.25) is 0 Å². The summed E-state index contributed by atoms with van der Waals surface area (Å²) >= 11 is 6.19. The molecule has 0 saturated heterocycles. The summed E-state index contributed by atoms with van der Waals surface area (Å²) in [6, 6.07) is 13.5. The van der Waals surface area contributed by atoms with E-state index in [1.165, 1.54) is 0 Å². The number of benzene rings is 2. The van der Waals surface area contributed by atoms with Crippen LogP contribution in [-0.2, 0) is 6.54 Å². The van der Waals surface area contributed by atoms with Gasteiger partial charge in [-0.05, 0) is 66.4 Å². The molecule has 0 amide bonds. The van der Waals surface area contributed by atoms with E-state index >= 15 is 0 Å². The Morgan fingerprint density at radius 2 is 1.80 bits per heavy atom. The number of halogens is 1. The second-order valence-electron chi connectivity index (χ2n) is 6.84. The summed E-state index contributed by atoms with van der Waals surface area (Å²) in [5.41, 5.74) is 4.37. The summed E-state index contributed by atoms with van der Waals surface area (Å²) in [4.78, 5) is 13.0. The molecule has 0 aliphatic carbocycles. The highest BCUT2D eigenvalue weighted by molar-refractivity contribution is 6.28. The first-order chi connectivity index (χ1) is 14.5. The summed E-state index contributed by atoms with van der Waals surface area (Å²) in [6.45, 7) is 4.32. The second kappa shape index (κ2) is 8.01. The predicted molar refractivity (Wildman–Crippen MR) is 113 cm³/mol. The van der Waals surface area contributed by atoms with Crippen molar-refractivity contribution in [3.05, 3.63) is 70.3 Å². The first kappa shape index (κ1) is 19.7. The number of nitriles is 1. The molecule has 0 saturated carbocycles. The van der Waals surface area contributed by atoms with E-state index in [2.05, 4.69) is 21.0 Å². The van der Waals surface area contributed by atoms with E-state index in [9.17, 15) is 0 Å². The monoisotopic (exact) mass is 419 g/mol. The molecule has 0 aliphatic rings. The Morgan fingerprint density at radius 1 is 1.10 bits per heavy atom. The number of methoxy groups -OCH3 is 1. The van der Waals surface area contributed by atoms with Gasteiger partial charge in [0.2, 0.25) is 5.28 Å². The Bertz CT molecular complexity index is 1250. The molecule has 7 nitrogen and oxygen atoms in total. The Morgan fingerprint density at radius 3 is 2.43 bits per heavy atom. The summed E-state index contributed by atoms with van der Waals surface area (Å²) in [7, 11) is 1.64. The van der Waals surface area contributed by atoms with Crippen molar-refractivity contribution in [3.63, 3.8) is 0 Å². The smallest absolute Gasteiger partial charge is 0.252 e. The maximum absolute atomic E-state index is 9.15. The van der Waals surface area contributed by atoms with Crippen LogP contribution in [0.4, 0.5) is 0 Å². The number of hydrogen-bond acceptors (Lipinski definition) is 6. The molecular weight excluding hydrogens is 402 g/mol. The third kappa shape index (κ3) is 3.78. The number of ether oxygens (including phenoxy) is 2. The Labute approximate surface area is 178 Å². The minimum Gasteiger partial charge on any atom is -0.497 e. The largest absolute Gasteiger partial charge is 0.497 e. The average molecular weight is 420 g/mol. The molecule has 150 valence electrons. The van der Waals surface area contributed by atoms with E-state index in [0.717, 1.165) is 22.4 Å². The van der Waals surface area contributed by atoms with Gasteiger partial charge in [-0.2, -0.15) is 15.2 Å². The number of aromatic nitrogens is 4. The zero-order chi connectivity index (χ0) is 21.3. The molecule has 0 radical (unpaired) electrons. The molecule has 0 atom stereocenters. The van der Waals surface area contributed by atoms with Crippen LogP contribution in [0.15, 0.2) is 42.7 Å². The van der Waals surface area contributed by atoms with Gasteiger partial charge >= 0.3 is 0 Å². The highest BCUT2D eigenvalue weighted by Crippen LogP contribution is 2.32. The molecule has 8 heteroatoms. The normalized spacial score (nSPS) is 10.8.